The number of fused-ring (bicyclic) bond motifs is 11. The highest BCUT2D eigenvalue weighted by Crippen LogP contribution is 2.58. The van der Waals surface area contributed by atoms with E-state index in [1.165, 1.54) is 44.5 Å². The van der Waals surface area contributed by atoms with Gasteiger partial charge in [-0.3, -0.25) is 0 Å². The van der Waals surface area contributed by atoms with E-state index in [0.29, 0.717) is 11.5 Å². The topological polar surface area (TPSA) is 34.8 Å². The van der Waals surface area contributed by atoms with Crippen molar-refractivity contribution < 1.29 is 13.9 Å². The molecule has 2 aliphatic carbocycles. The fourth-order valence-electron chi connectivity index (χ4n) is 9.98. The normalized spacial score (nSPS) is 14.8. The smallest absolute Gasteiger partial charge is 0.194 e. The predicted molar refractivity (Wildman–Crippen MR) is 236 cm³/mol. The second kappa shape index (κ2) is 11.7. The van der Waals surface area contributed by atoms with Crippen LogP contribution in [0.1, 0.15) is 49.9 Å². The van der Waals surface area contributed by atoms with Crippen molar-refractivity contribution in [3.8, 4) is 56.4 Å². The maximum atomic E-state index is 7.03. The molecule has 0 spiro atoms. The van der Waals surface area contributed by atoms with Gasteiger partial charge in [0, 0.05) is 38.5 Å². The van der Waals surface area contributed by atoms with Crippen LogP contribution in [-0.2, 0) is 10.8 Å². The van der Waals surface area contributed by atoms with Crippen molar-refractivity contribution in [2.24, 2.45) is 0 Å². The monoisotopic (exact) mass is 749 g/mol. The van der Waals surface area contributed by atoms with Crippen LogP contribution in [0.5, 0.6) is 23.0 Å². The molecular formula is C54H39NO3. The van der Waals surface area contributed by atoms with Gasteiger partial charge in [-0.25, -0.2) is 0 Å². The molecule has 278 valence electrons. The Labute approximate surface area is 337 Å². The zero-order valence-electron chi connectivity index (χ0n) is 32.8. The van der Waals surface area contributed by atoms with Gasteiger partial charge in [0.1, 0.15) is 11.2 Å². The zero-order chi connectivity index (χ0) is 38.9. The van der Waals surface area contributed by atoms with E-state index in [0.717, 1.165) is 61.6 Å². The number of rotatable bonds is 4. The van der Waals surface area contributed by atoms with E-state index in [2.05, 4.69) is 178 Å². The van der Waals surface area contributed by atoms with E-state index in [4.69, 9.17) is 13.9 Å². The van der Waals surface area contributed by atoms with Crippen LogP contribution in [0, 0.1) is 0 Å². The average molecular weight is 750 g/mol. The molecule has 0 radical (unpaired) electrons. The Balaban J connectivity index is 1.01. The summed E-state index contributed by atoms with van der Waals surface area (Å²) in [7, 11) is 0. The standard InChI is InChI=1S/C54H39NO3/c1-53(2)42-18-8-5-13-36(42)38-28-27-34(29-44(38)53)55(33-25-23-32(24-26-33)35-16-11-17-40-39-15-7-10-21-47(39)57-51(35)40)46-20-12-22-48-52(46)58-50-31-45-41(30-49(50)56-48)37-14-6-9-19-43(37)54(45,3)4/h5-31H,1-4H3. The highest BCUT2D eigenvalue weighted by atomic mass is 16.6. The van der Waals surface area contributed by atoms with Gasteiger partial charge >= 0.3 is 0 Å². The molecule has 58 heavy (non-hydrogen) atoms. The van der Waals surface area contributed by atoms with Gasteiger partial charge in [-0.2, -0.15) is 0 Å². The lowest BCUT2D eigenvalue weighted by Crippen LogP contribution is -2.17. The first-order valence-electron chi connectivity index (χ1n) is 20.1. The molecule has 0 saturated carbocycles. The molecule has 0 atom stereocenters. The zero-order valence-corrected chi connectivity index (χ0v) is 32.8. The van der Waals surface area contributed by atoms with Gasteiger partial charge in [-0.1, -0.05) is 137 Å². The minimum atomic E-state index is -0.167. The second-order valence-electron chi connectivity index (χ2n) is 16.9. The van der Waals surface area contributed by atoms with Crippen molar-refractivity contribution in [1.29, 1.82) is 0 Å². The molecule has 4 nitrogen and oxygen atoms in total. The molecule has 12 rings (SSSR count). The number of hydrogen-bond donors (Lipinski definition) is 0. The van der Waals surface area contributed by atoms with Crippen molar-refractivity contribution in [3.63, 3.8) is 0 Å². The number of para-hydroxylation sites is 3. The maximum absolute atomic E-state index is 7.03. The Morgan fingerprint density at radius 1 is 0.414 bits per heavy atom. The van der Waals surface area contributed by atoms with Gasteiger partial charge in [0.25, 0.3) is 0 Å². The summed E-state index contributed by atoms with van der Waals surface area (Å²) in [5.41, 5.74) is 16.8. The highest BCUT2D eigenvalue weighted by Gasteiger charge is 2.39. The van der Waals surface area contributed by atoms with Crippen molar-refractivity contribution >= 4 is 39.0 Å². The molecule has 4 heteroatoms. The van der Waals surface area contributed by atoms with Crippen LogP contribution in [0.2, 0.25) is 0 Å². The number of nitrogens with zero attached hydrogens (tertiary/aromatic N) is 1. The minimum absolute atomic E-state index is 0.165. The average Bonchev–Trinajstić information content (AvgIpc) is 3.82. The molecule has 8 aromatic carbocycles. The molecule has 2 heterocycles. The van der Waals surface area contributed by atoms with Crippen LogP contribution in [0.3, 0.4) is 0 Å². The third kappa shape index (κ3) is 4.57. The molecular weight excluding hydrogens is 711 g/mol. The molecule has 0 fully saturated rings. The summed E-state index contributed by atoms with van der Waals surface area (Å²) in [5.74, 6) is 2.81. The van der Waals surface area contributed by atoms with E-state index in [-0.39, 0.29) is 10.8 Å². The minimum Gasteiger partial charge on any atom is -0.455 e. The fourth-order valence-corrected chi connectivity index (χ4v) is 9.98. The molecule has 0 saturated heterocycles. The first-order chi connectivity index (χ1) is 28.3. The SMILES string of the molecule is CC1(C)c2ccccc2-c2ccc(N(c3ccc(-c4cccc5c4oc4ccccc45)cc3)c3cccc4c3Oc3cc5c(cc3O4)-c3ccccc3C5(C)C)cc21. The van der Waals surface area contributed by atoms with Gasteiger partial charge in [0.05, 0.1) is 5.69 Å². The Morgan fingerprint density at radius 2 is 1.02 bits per heavy atom. The fraction of sp³-hybridized carbons (Fsp3) is 0.111. The van der Waals surface area contributed by atoms with E-state index in [9.17, 15) is 0 Å². The number of hydrogen-bond acceptors (Lipinski definition) is 4. The van der Waals surface area contributed by atoms with Crippen LogP contribution in [0.4, 0.5) is 17.1 Å². The van der Waals surface area contributed by atoms with Crippen molar-refractivity contribution in [2.45, 2.75) is 38.5 Å². The summed E-state index contributed by atoms with van der Waals surface area (Å²) >= 11 is 0. The van der Waals surface area contributed by atoms with Crippen LogP contribution < -0.4 is 14.4 Å². The van der Waals surface area contributed by atoms with E-state index in [1.807, 2.05) is 18.2 Å². The summed E-state index contributed by atoms with van der Waals surface area (Å²) in [5, 5.41) is 2.24. The van der Waals surface area contributed by atoms with Gasteiger partial charge in [0.2, 0.25) is 0 Å². The summed E-state index contributed by atoms with van der Waals surface area (Å²) in [4.78, 5) is 2.31. The van der Waals surface area contributed by atoms with Gasteiger partial charge in [0.15, 0.2) is 23.0 Å². The Bertz CT molecular complexity index is 3180. The van der Waals surface area contributed by atoms with E-state index >= 15 is 0 Å². The number of ether oxygens (including phenoxy) is 2. The molecule has 9 aromatic rings. The Hall–Kier alpha value is -7.04. The highest BCUT2D eigenvalue weighted by molar-refractivity contribution is 6.09. The van der Waals surface area contributed by atoms with Crippen molar-refractivity contribution in [3.05, 3.63) is 186 Å². The first kappa shape index (κ1) is 33.1. The van der Waals surface area contributed by atoms with Crippen LogP contribution >= 0.6 is 0 Å². The number of benzene rings is 8. The van der Waals surface area contributed by atoms with Crippen molar-refractivity contribution in [2.75, 3.05) is 4.90 Å². The lowest BCUT2D eigenvalue weighted by atomic mass is 9.82. The summed E-state index contributed by atoms with van der Waals surface area (Å²) in [6.07, 6.45) is 0. The van der Waals surface area contributed by atoms with Crippen LogP contribution in [0.15, 0.2) is 168 Å². The summed E-state index contributed by atoms with van der Waals surface area (Å²) < 4.78 is 20.3. The van der Waals surface area contributed by atoms with E-state index < -0.39 is 0 Å². The lowest BCUT2D eigenvalue weighted by molar-refractivity contribution is 0.360. The molecule has 0 N–H and O–H groups in total. The van der Waals surface area contributed by atoms with Crippen molar-refractivity contribution in [1.82, 2.24) is 0 Å². The number of anilines is 3. The largest absolute Gasteiger partial charge is 0.455 e. The van der Waals surface area contributed by atoms with Gasteiger partial charge in [-0.15, -0.1) is 0 Å². The van der Waals surface area contributed by atoms with Gasteiger partial charge in [-0.05, 0) is 105 Å². The predicted octanol–water partition coefficient (Wildman–Crippen LogP) is 15.2. The molecule has 1 aliphatic heterocycles. The third-order valence-corrected chi connectivity index (χ3v) is 12.9. The maximum Gasteiger partial charge on any atom is 0.194 e. The quantitative estimate of drug-likeness (QED) is 0.179. The second-order valence-corrected chi connectivity index (χ2v) is 16.9. The Kier molecular flexibility index (Phi) is 6.71. The molecule has 1 aromatic heterocycles. The lowest BCUT2D eigenvalue weighted by Gasteiger charge is -2.32. The summed E-state index contributed by atoms with van der Waals surface area (Å²) in [6, 6.07) is 58.4. The van der Waals surface area contributed by atoms with Gasteiger partial charge < -0.3 is 18.8 Å². The molecule has 0 bridgehead atoms. The molecule has 0 amide bonds. The first-order valence-corrected chi connectivity index (χ1v) is 20.1. The molecule has 3 aliphatic rings. The van der Waals surface area contributed by atoms with Crippen LogP contribution in [0.25, 0.3) is 55.3 Å². The summed E-state index contributed by atoms with van der Waals surface area (Å²) in [6.45, 7) is 9.24. The van der Waals surface area contributed by atoms with Crippen LogP contribution in [-0.4, -0.2) is 0 Å². The number of furan rings is 1. The molecule has 0 unspecified atom stereocenters. The van der Waals surface area contributed by atoms with E-state index in [1.54, 1.807) is 0 Å². The Morgan fingerprint density at radius 3 is 1.81 bits per heavy atom. The third-order valence-electron chi connectivity index (χ3n) is 12.9.